The lowest BCUT2D eigenvalue weighted by atomic mass is 9.98. The number of anilines is 1. The molecule has 0 saturated heterocycles. The molecule has 0 unspecified atom stereocenters. The number of ether oxygens (including phenoxy) is 1. The zero-order valence-electron chi connectivity index (χ0n) is 18.1. The first-order chi connectivity index (χ1) is 15.6. The molecule has 0 atom stereocenters. The van der Waals surface area contributed by atoms with Gasteiger partial charge in [-0.05, 0) is 65.9 Å². The number of fused-ring (bicyclic) bond motifs is 1. The van der Waals surface area contributed by atoms with Gasteiger partial charge < -0.3 is 20.3 Å². The Kier molecular flexibility index (Phi) is 6.70. The van der Waals surface area contributed by atoms with Crippen LogP contribution < -0.4 is 15.4 Å². The van der Waals surface area contributed by atoms with Crippen LogP contribution in [0.1, 0.15) is 27.0 Å². The van der Waals surface area contributed by atoms with E-state index in [4.69, 9.17) is 4.74 Å². The maximum Gasteiger partial charge on any atom is 0.319 e. The quantitative estimate of drug-likeness (QED) is 0.615. The molecule has 2 N–H and O–H groups in total. The third-order valence-corrected chi connectivity index (χ3v) is 5.64. The molecule has 1 aliphatic heterocycles. The summed E-state index contributed by atoms with van der Waals surface area (Å²) in [6.45, 7) is 1.76. The van der Waals surface area contributed by atoms with E-state index in [-0.39, 0.29) is 11.9 Å². The highest BCUT2D eigenvalue weighted by molar-refractivity contribution is 5.94. The van der Waals surface area contributed by atoms with Crippen LogP contribution >= 0.6 is 0 Å². The van der Waals surface area contributed by atoms with Gasteiger partial charge in [-0.15, -0.1) is 0 Å². The van der Waals surface area contributed by atoms with Crippen LogP contribution in [0, 0.1) is 0 Å². The van der Waals surface area contributed by atoms with Crippen molar-refractivity contribution in [2.24, 2.45) is 0 Å². The van der Waals surface area contributed by atoms with Crippen molar-refractivity contribution in [1.29, 1.82) is 0 Å². The molecule has 3 amide bonds. The largest absolute Gasteiger partial charge is 0.497 e. The molecule has 3 aromatic carbocycles. The second-order valence-electron chi connectivity index (χ2n) is 7.81. The fourth-order valence-corrected chi connectivity index (χ4v) is 3.86. The van der Waals surface area contributed by atoms with Crippen molar-refractivity contribution in [2.45, 2.75) is 19.4 Å². The van der Waals surface area contributed by atoms with E-state index in [0.717, 1.165) is 35.4 Å². The molecule has 6 nitrogen and oxygen atoms in total. The topological polar surface area (TPSA) is 70.7 Å². The number of hydrogen-bond donors (Lipinski definition) is 2. The van der Waals surface area contributed by atoms with Crippen molar-refractivity contribution < 1.29 is 14.3 Å². The van der Waals surface area contributed by atoms with Gasteiger partial charge in [0.15, 0.2) is 0 Å². The van der Waals surface area contributed by atoms with Gasteiger partial charge in [0.2, 0.25) is 0 Å². The fourth-order valence-electron chi connectivity index (χ4n) is 3.86. The van der Waals surface area contributed by atoms with E-state index in [0.29, 0.717) is 25.2 Å². The lowest BCUT2D eigenvalue weighted by Crippen LogP contribution is -2.36. The molecule has 0 spiro atoms. The SMILES string of the molecule is COc1ccc(CCNC(=O)Nc2ccc3c(c2)CN(C(=O)c2ccccc2)CC3)cc1. The van der Waals surface area contributed by atoms with E-state index in [1.54, 1.807) is 7.11 Å². The number of amides is 3. The van der Waals surface area contributed by atoms with Gasteiger partial charge in [-0.25, -0.2) is 4.79 Å². The van der Waals surface area contributed by atoms with E-state index in [2.05, 4.69) is 10.6 Å². The standard InChI is InChI=1S/C26H27N3O3/c1-32-24-11-7-19(8-12-24)13-15-27-26(31)28-23-10-9-20-14-16-29(18-22(20)17-23)25(30)21-5-3-2-4-6-21/h2-12,17H,13-16,18H2,1H3,(H2,27,28,31). The van der Waals surface area contributed by atoms with Crippen molar-refractivity contribution in [2.75, 3.05) is 25.5 Å². The van der Waals surface area contributed by atoms with E-state index in [9.17, 15) is 9.59 Å². The Balaban J connectivity index is 1.31. The number of methoxy groups -OCH3 is 1. The first kappa shape index (κ1) is 21.4. The maximum atomic E-state index is 12.8. The molecular formula is C26H27N3O3. The second kappa shape index (κ2) is 10.0. The van der Waals surface area contributed by atoms with Gasteiger partial charge in [-0.3, -0.25) is 4.79 Å². The van der Waals surface area contributed by atoms with Crippen LogP contribution in [-0.2, 0) is 19.4 Å². The van der Waals surface area contributed by atoms with Crippen molar-refractivity contribution >= 4 is 17.6 Å². The van der Waals surface area contributed by atoms with Crippen LogP contribution in [0.4, 0.5) is 10.5 Å². The van der Waals surface area contributed by atoms with Gasteiger partial charge in [0.05, 0.1) is 7.11 Å². The third-order valence-electron chi connectivity index (χ3n) is 5.64. The molecule has 1 aliphatic rings. The molecule has 6 heteroatoms. The number of nitrogens with zero attached hydrogens (tertiary/aromatic N) is 1. The molecule has 0 bridgehead atoms. The average Bonchev–Trinajstić information content (AvgIpc) is 2.84. The number of carbonyl (C=O) groups excluding carboxylic acids is 2. The average molecular weight is 430 g/mol. The molecule has 1 heterocycles. The van der Waals surface area contributed by atoms with Gasteiger partial charge in [0.1, 0.15) is 5.75 Å². The summed E-state index contributed by atoms with van der Waals surface area (Å²) in [4.78, 5) is 27.0. The summed E-state index contributed by atoms with van der Waals surface area (Å²) in [5.74, 6) is 0.849. The second-order valence-corrected chi connectivity index (χ2v) is 7.81. The molecule has 164 valence electrons. The monoisotopic (exact) mass is 429 g/mol. The Labute approximate surface area is 188 Å². The normalized spacial score (nSPS) is 12.6. The summed E-state index contributed by atoms with van der Waals surface area (Å²) in [6.07, 6.45) is 1.54. The van der Waals surface area contributed by atoms with Crippen LogP contribution in [0.2, 0.25) is 0 Å². The molecule has 0 aromatic heterocycles. The number of hydrogen-bond acceptors (Lipinski definition) is 3. The lowest BCUT2D eigenvalue weighted by molar-refractivity contribution is 0.0734. The highest BCUT2D eigenvalue weighted by atomic mass is 16.5. The van der Waals surface area contributed by atoms with Crippen molar-refractivity contribution in [3.63, 3.8) is 0 Å². The first-order valence-corrected chi connectivity index (χ1v) is 10.8. The molecule has 4 rings (SSSR count). The summed E-state index contributed by atoms with van der Waals surface area (Å²) in [6, 6.07) is 22.8. The first-order valence-electron chi connectivity index (χ1n) is 10.8. The van der Waals surface area contributed by atoms with E-state index < -0.39 is 0 Å². The molecule has 0 aliphatic carbocycles. The number of carbonyl (C=O) groups is 2. The third kappa shape index (κ3) is 5.27. The summed E-state index contributed by atoms with van der Waals surface area (Å²) in [5, 5.41) is 5.79. The Morgan fingerprint density at radius 3 is 2.50 bits per heavy atom. The number of rotatable bonds is 6. The van der Waals surface area contributed by atoms with E-state index in [1.807, 2.05) is 77.7 Å². The van der Waals surface area contributed by atoms with Crippen molar-refractivity contribution in [1.82, 2.24) is 10.2 Å². The van der Waals surface area contributed by atoms with Gasteiger partial charge in [0, 0.05) is 30.9 Å². The van der Waals surface area contributed by atoms with Crippen LogP contribution in [0.5, 0.6) is 5.75 Å². The number of benzene rings is 3. The minimum Gasteiger partial charge on any atom is -0.497 e. The molecular weight excluding hydrogens is 402 g/mol. The summed E-state index contributed by atoms with van der Waals surface area (Å²) in [5.41, 5.74) is 4.83. The van der Waals surface area contributed by atoms with Crippen LogP contribution in [0.15, 0.2) is 72.8 Å². The van der Waals surface area contributed by atoms with Crippen LogP contribution in [0.3, 0.4) is 0 Å². The van der Waals surface area contributed by atoms with Gasteiger partial charge in [-0.2, -0.15) is 0 Å². The minimum absolute atomic E-state index is 0.0332. The van der Waals surface area contributed by atoms with Gasteiger partial charge >= 0.3 is 6.03 Å². The highest BCUT2D eigenvalue weighted by Gasteiger charge is 2.22. The molecule has 32 heavy (non-hydrogen) atoms. The predicted molar refractivity (Wildman–Crippen MR) is 125 cm³/mol. The van der Waals surface area contributed by atoms with Crippen LogP contribution in [-0.4, -0.2) is 37.0 Å². The summed E-state index contributed by atoms with van der Waals surface area (Å²) in [7, 11) is 1.64. The van der Waals surface area contributed by atoms with Gasteiger partial charge in [0.25, 0.3) is 5.91 Å². The zero-order valence-corrected chi connectivity index (χ0v) is 18.1. The van der Waals surface area contributed by atoms with Gasteiger partial charge in [-0.1, -0.05) is 36.4 Å². The smallest absolute Gasteiger partial charge is 0.319 e. The molecule has 0 fully saturated rings. The lowest BCUT2D eigenvalue weighted by Gasteiger charge is -2.29. The van der Waals surface area contributed by atoms with E-state index >= 15 is 0 Å². The Bertz CT molecular complexity index is 1080. The Morgan fingerprint density at radius 1 is 0.969 bits per heavy atom. The summed E-state index contributed by atoms with van der Waals surface area (Å²) < 4.78 is 5.16. The molecule has 0 saturated carbocycles. The predicted octanol–water partition coefficient (Wildman–Crippen LogP) is 4.26. The Hall–Kier alpha value is -3.80. The summed E-state index contributed by atoms with van der Waals surface area (Å²) >= 11 is 0. The Morgan fingerprint density at radius 2 is 1.75 bits per heavy atom. The number of urea groups is 1. The zero-order chi connectivity index (χ0) is 22.3. The van der Waals surface area contributed by atoms with Crippen LogP contribution in [0.25, 0.3) is 0 Å². The minimum atomic E-state index is -0.244. The molecule has 0 radical (unpaired) electrons. The van der Waals surface area contributed by atoms with Crippen molar-refractivity contribution in [3.05, 3.63) is 95.1 Å². The highest BCUT2D eigenvalue weighted by Crippen LogP contribution is 2.24. The molecule has 3 aromatic rings. The number of nitrogens with one attached hydrogen (secondary N) is 2. The van der Waals surface area contributed by atoms with E-state index in [1.165, 1.54) is 5.56 Å². The van der Waals surface area contributed by atoms with Crippen molar-refractivity contribution in [3.8, 4) is 5.75 Å². The fraction of sp³-hybridized carbons (Fsp3) is 0.231. The maximum absolute atomic E-state index is 12.8.